The molecule has 0 radical (unpaired) electrons. The predicted molar refractivity (Wildman–Crippen MR) is 82.9 cm³/mol. The molecular weight excluding hydrogens is 252 g/mol. The highest BCUT2D eigenvalue weighted by Gasteiger charge is 2.13. The lowest BCUT2D eigenvalue weighted by molar-refractivity contribution is -0.142. The van der Waals surface area contributed by atoms with Crippen molar-refractivity contribution in [2.45, 2.75) is 58.8 Å². The van der Waals surface area contributed by atoms with Crippen LogP contribution in [0.5, 0.6) is 5.75 Å². The smallest absolute Gasteiger partial charge is 0.306 e. The van der Waals surface area contributed by atoms with Gasteiger partial charge in [0.05, 0.1) is 5.92 Å². The van der Waals surface area contributed by atoms with E-state index >= 15 is 0 Å². The van der Waals surface area contributed by atoms with E-state index in [9.17, 15) is 4.79 Å². The average molecular weight is 280 g/mol. The van der Waals surface area contributed by atoms with Crippen molar-refractivity contribution in [2.24, 2.45) is 5.92 Å². The number of aliphatic carboxylic acids is 1. The van der Waals surface area contributed by atoms with E-state index in [1.165, 1.54) is 25.7 Å². The Kier molecular flexibility index (Phi) is 11.6. The van der Waals surface area contributed by atoms with Gasteiger partial charge in [0.2, 0.25) is 0 Å². The van der Waals surface area contributed by atoms with Crippen LogP contribution in [0.4, 0.5) is 0 Å². The van der Waals surface area contributed by atoms with Crippen molar-refractivity contribution in [2.75, 3.05) is 0 Å². The first-order valence-electron chi connectivity index (χ1n) is 7.58. The topological polar surface area (TPSA) is 57.5 Å². The predicted octanol–water partition coefficient (Wildman–Crippen LogP) is 4.85. The average Bonchev–Trinajstić information content (AvgIpc) is 2.44. The zero-order chi connectivity index (χ0) is 15.2. The van der Waals surface area contributed by atoms with Gasteiger partial charge in [0.25, 0.3) is 0 Å². The lowest BCUT2D eigenvalue weighted by Gasteiger charge is -2.08. The van der Waals surface area contributed by atoms with Crippen LogP contribution in [0.15, 0.2) is 30.3 Å². The van der Waals surface area contributed by atoms with E-state index in [0.717, 1.165) is 19.3 Å². The summed E-state index contributed by atoms with van der Waals surface area (Å²) in [6.07, 6.45) is 7.67. The number of carboxylic acid groups (broad SMARTS) is 1. The van der Waals surface area contributed by atoms with Crippen LogP contribution in [0.1, 0.15) is 58.8 Å². The Morgan fingerprint density at radius 1 is 1.05 bits per heavy atom. The van der Waals surface area contributed by atoms with E-state index < -0.39 is 5.97 Å². The fraction of sp³-hybridized carbons (Fsp3) is 0.588. The van der Waals surface area contributed by atoms with Gasteiger partial charge in [-0.2, -0.15) is 0 Å². The van der Waals surface area contributed by atoms with Gasteiger partial charge >= 0.3 is 5.97 Å². The molecule has 2 N–H and O–H groups in total. The van der Waals surface area contributed by atoms with Gasteiger partial charge in [-0.25, -0.2) is 0 Å². The number of carbonyl (C=O) groups is 1. The molecule has 114 valence electrons. The molecule has 0 aliphatic rings. The molecule has 0 amide bonds. The van der Waals surface area contributed by atoms with E-state index in [-0.39, 0.29) is 5.92 Å². The van der Waals surface area contributed by atoms with Crippen LogP contribution in [-0.4, -0.2) is 16.2 Å². The summed E-state index contributed by atoms with van der Waals surface area (Å²) in [5.41, 5.74) is 0. The van der Waals surface area contributed by atoms with E-state index in [1.54, 1.807) is 24.3 Å². The Hall–Kier alpha value is -1.51. The second-order valence-electron chi connectivity index (χ2n) is 4.98. The third-order valence-corrected chi connectivity index (χ3v) is 3.25. The molecule has 0 heterocycles. The SMILES string of the molecule is CCCCCCCC(CC)C(=O)O.Oc1ccccc1. The van der Waals surface area contributed by atoms with Crippen LogP contribution in [0.3, 0.4) is 0 Å². The third kappa shape index (κ3) is 10.4. The molecule has 0 bridgehead atoms. The molecule has 1 atom stereocenters. The lowest BCUT2D eigenvalue weighted by Crippen LogP contribution is -2.12. The van der Waals surface area contributed by atoms with E-state index in [4.69, 9.17) is 10.2 Å². The summed E-state index contributed by atoms with van der Waals surface area (Å²) in [5, 5.41) is 17.4. The van der Waals surface area contributed by atoms with Gasteiger partial charge in [-0.15, -0.1) is 0 Å². The van der Waals surface area contributed by atoms with Crippen LogP contribution < -0.4 is 0 Å². The zero-order valence-electron chi connectivity index (χ0n) is 12.7. The molecule has 1 unspecified atom stereocenters. The minimum absolute atomic E-state index is 0.110. The third-order valence-electron chi connectivity index (χ3n) is 3.25. The van der Waals surface area contributed by atoms with Crippen molar-refractivity contribution < 1.29 is 15.0 Å². The van der Waals surface area contributed by atoms with Crippen molar-refractivity contribution in [1.29, 1.82) is 0 Å². The molecule has 0 spiro atoms. The maximum absolute atomic E-state index is 10.7. The van der Waals surface area contributed by atoms with Gasteiger partial charge in [0, 0.05) is 0 Å². The molecule has 0 fully saturated rings. The molecule has 1 rings (SSSR count). The minimum Gasteiger partial charge on any atom is -0.508 e. The highest BCUT2D eigenvalue weighted by molar-refractivity contribution is 5.69. The Bertz CT molecular complexity index is 335. The van der Waals surface area contributed by atoms with Crippen molar-refractivity contribution in [3.05, 3.63) is 30.3 Å². The number of carboxylic acids is 1. The lowest BCUT2D eigenvalue weighted by atomic mass is 9.98. The number of aromatic hydroxyl groups is 1. The Balaban J connectivity index is 0.000000428. The molecular formula is C17H28O3. The molecule has 0 aliphatic heterocycles. The van der Waals surface area contributed by atoms with Gasteiger partial charge in [-0.05, 0) is 25.0 Å². The second kappa shape index (κ2) is 12.5. The van der Waals surface area contributed by atoms with Crippen LogP contribution in [0.2, 0.25) is 0 Å². The molecule has 1 aromatic carbocycles. The van der Waals surface area contributed by atoms with Crippen molar-refractivity contribution in [3.63, 3.8) is 0 Å². The number of rotatable bonds is 8. The van der Waals surface area contributed by atoms with Gasteiger partial charge in [0.15, 0.2) is 0 Å². The van der Waals surface area contributed by atoms with Crippen LogP contribution >= 0.6 is 0 Å². The zero-order valence-corrected chi connectivity index (χ0v) is 12.7. The van der Waals surface area contributed by atoms with Crippen LogP contribution in [0, 0.1) is 5.92 Å². The monoisotopic (exact) mass is 280 g/mol. The molecule has 0 saturated heterocycles. The minimum atomic E-state index is -0.627. The summed E-state index contributed by atoms with van der Waals surface area (Å²) in [5.74, 6) is -0.415. The normalized spacial score (nSPS) is 11.3. The summed E-state index contributed by atoms with van der Waals surface area (Å²) >= 11 is 0. The van der Waals surface area contributed by atoms with E-state index in [1.807, 2.05) is 13.0 Å². The number of hydrogen-bond acceptors (Lipinski definition) is 2. The Labute approximate surface area is 122 Å². The highest BCUT2D eigenvalue weighted by atomic mass is 16.4. The number of phenolic OH excluding ortho intramolecular Hbond substituents is 1. The maximum atomic E-state index is 10.7. The molecule has 3 heteroatoms. The molecule has 1 aromatic rings. The fourth-order valence-corrected chi connectivity index (χ4v) is 1.92. The van der Waals surface area contributed by atoms with Crippen LogP contribution in [-0.2, 0) is 4.79 Å². The standard InChI is InChI=1S/C11H22O2.C6H6O/c1-3-5-6-7-8-9-10(4-2)11(12)13;7-6-4-2-1-3-5-6/h10H,3-9H2,1-2H3,(H,12,13);1-5,7H. The number of benzene rings is 1. The summed E-state index contributed by atoms with van der Waals surface area (Å²) in [7, 11) is 0. The summed E-state index contributed by atoms with van der Waals surface area (Å²) in [6, 6.07) is 8.71. The Morgan fingerprint density at radius 3 is 2.05 bits per heavy atom. The largest absolute Gasteiger partial charge is 0.508 e. The van der Waals surface area contributed by atoms with Crippen LogP contribution in [0.25, 0.3) is 0 Å². The summed E-state index contributed by atoms with van der Waals surface area (Å²) < 4.78 is 0. The number of para-hydroxylation sites is 1. The van der Waals surface area contributed by atoms with Crippen molar-refractivity contribution in [1.82, 2.24) is 0 Å². The number of phenols is 1. The molecule has 20 heavy (non-hydrogen) atoms. The van der Waals surface area contributed by atoms with Gasteiger partial charge in [-0.3, -0.25) is 4.79 Å². The van der Waals surface area contributed by atoms with Crippen molar-refractivity contribution >= 4 is 5.97 Å². The first-order valence-corrected chi connectivity index (χ1v) is 7.58. The van der Waals surface area contributed by atoms with Gasteiger partial charge in [-0.1, -0.05) is 64.2 Å². The molecule has 0 saturated carbocycles. The van der Waals surface area contributed by atoms with Gasteiger partial charge in [0.1, 0.15) is 5.75 Å². The van der Waals surface area contributed by atoms with E-state index in [0.29, 0.717) is 5.75 Å². The molecule has 0 aromatic heterocycles. The number of unbranched alkanes of at least 4 members (excludes halogenated alkanes) is 4. The Morgan fingerprint density at radius 2 is 1.65 bits per heavy atom. The maximum Gasteiger partial charge on any atom is 0.306 e. The number of hydrogen-bond donors (Lipinski definition) is 2. The second-order valence-corrected chi connectivity index (χ2v) is 4.98. The van der Waals surface area contributed by atoms with E-state index in [2.05, 4.69) is 6.92 Å². The first-order chi connectivity index (χ1) is 9.61. The highest BCUT2D eigenvalue weighted by Crippen LogP contribution is 2.14. The first kappa shape index (κ1) is 18.5. The molecule has 3 nitrogen and oxygen atoms in total. The van der Waals surface area contributed by atoms with Gasteiger partial charge < -0.3 is 10.2 Å². The quantitative estimate of drug-likeness (QED) is 0.669. The summed E-state index contributed by atoms with van der Waals surface area (Å²) in [6.45, 7) is 4.14. The summed E-state index contributed by atoms with van der Waals surface area (Å²) in [4.78, 5) is 10.7. The van der Waals surface area contributed by atoms with Crippen molar-refractivity contribution in [3.8, 4) is 5.75 Å². The fourth-order valence-electron chi connectivity index (χ4n) is 1.92. The molecule has 0 aliphatic carbocycles.